The molecule has 10 heteroatoms. The molecule has 0 aliphatic carbocycles. The molecule has 1 N–H and O–H groups in total. The van der Waals surface area contributed by atoms with Crippen LogP contribution in [0, 0.1) is 5.82 Å². The number of pyridine rings is 1. The van der Waals surface area contributed by atoms with Crippen LogP contribution in [0.1, 0.15) is 47.7 Å². The van der Waals surface area contributed by atoms with Gasteiger partial charge in [-0.25, -0.2) is 4.39 Å². The quantitative estimate of drug-likeness (QED) is 0.316. The second-order valence-corrected chi connectivity index (χ2v) is 12.1. The third-order valence-corrected chi connectivity index (χ3v) is 9.84. The number of carbonyl (C=O) groups excluding carboxylic acids is 1. The van der Waals surface area contributed by atoms with Gasteiger partial charge in [-0.1, -0.05) is 12.1 Å². The highest BCUT2D eigenvalue weighted by atomic mass is 32.1. The van der Waals surface area contributed by atoms with Gasteiger partial charge in [0.1, 0.15) is 16.2 Å². The van der Waals surface area contributed by atoms with Gasteiger partial charge in [-0.15, -0.1) is 11.3 Å². The molecule has 0 spiro atoms. The molecule has 1 amide bonds. The van der Waals surface area contributed by atoms with E-state index in [1.54, 1.807) is 24.7 Å². The van der Waals surface area contributed by atoms with E-state index in [2.05, 4.69) is 27.2 Å². The lowest BCUT2D eigenvalue weighted by Gasteiger charge is -2.21. The average molecular weight is 571 g/mol. The van der Waals surface area contributed by atoms with Crippen LogP contribution in [0.25, 0.3) is 25.9 Å². The van der Waals surface area contributed by atoms with E-state index in [1.807, 2.05) is 33.6 Å². The first-order chi connectivity index (χ1) is 20.0. The number of hydrogen-bond acceptors (Lipinski definition) is 7. The molecule has 0 radical (unpaired) electrons. The van der Waals surface area contributed by atoms with Crippen LogP contribution in [-0.2, 0) is 0 Å². The molecule has 8 nitrogen and oxygen atoms in total. The van der Waals surface area contributed by atoms with Crippen molar-refractivity contribution in [1.82, 2.24) is 24.6 Å². The van der Waals surface area contributed by atoms with Crippen LogP contribution in [0.4, 0.5) is 10.1 Å². The molecular formula is C31H31FN6O2S. The molecule has 5 heterocycles. The highest BCUT2D eigenvalue weighted by Crippen LogP contribution is 2.36. The second-order valence-electron chi connectivity index (χ2n) is 11.1. The van der Waals surface area contributed by atoms with Crippen molar-refractivity contribution < 1.29 is 9.18 Å². The van der Waals surface area contributed by atoms with E-state index in [9.17, 15) is 9.59 Å². The maximum Gasteiger partial charge on any atom is 0.258 e. The summed E-state index contributed by atoms with van der Waals surface area (Å²) in [4.78, 5) is 41.0. The summed E-state index contributed by atoms with van der Waals surface area (Å²) in [6.07, 6.45) is 9.04. The number of carbonyl (C=O) groups is 1. The number of amides is 1. The van der Waals surface area contributed by atoms with Crippen molar-refractivity contribution in [2.45, 2.75) is 37.6 Å². The molecule has 2 saturated heterocycles. The van der Waals surface area contributed by atoms with Gasteiger partial charge in [-0.3, -0.25) is 24.0 Å². The molecule has 210 valence electrons. The summed E-state index contributed by atoms with van der Waals surface area (Å²) in [5, 5.41) is 3.20. The van der Waals surface area contributed by atoms with Crippen LogP contribution in [-0.4, -0.2) is 64.4 Å². The molecule has 2 aliphatic rings. The summed E-state index contributed by atoms with van der Waals surface area (Å²) in [7, 11) is 2.11. The molecule has 0 bridgehead atoms. The Kier molecular flexibility index (Phi) is 6.67. The molecule has 2 atom stereocenters. The van der Waals surface area contributed by atoms with E-state index in [4.69, 9.17) is 0 Å². The van der Waals surface area contributed by atoms with Crippen LogP contribution >= 0.6 is 11.3 Å². The van der Waals surface area contributed by atoms with Crippen molar-refractivity contribution in [3.63, 3.8) is 0 Å². The van der Waals surface area contributed by atoms with E-state index in [1.165, 1.54) is 17.4 Å². The lowest BCUT2D eigenvalue weighted by Crippen LogP contribution is -2.34. The molecule has 41 heavy (non-hydrogen) atoms. The Hall–Kier alpha value is -3.89. The topological polar surface area (TPSA) is 82.8 Å². The monoisotopic (exact) mass is 570 g/mol. The van der Waals surface area contributed by atoms with Gasteiger partial charge in [0.25, 0.3) is 5.91 Å². The number of likely N-dealkylation sites (tertiary alicyclic amines) is 1. The minimum Gasteiger partial charge on any atom is -0.368 e. The Morgan fingerprint density at radius 3 is 2.83 bits per heavy atom. The van der Waals surface area contributed by atoms with Gasteiger partial charge in [0.2, 0.25) is 5.43 Å². The fourth-order valence-electron chi connectivity index (χ4n) is 6.51. The minimum atomic E-state index is -0.468. The molecule has 2 aliphatic heterocycles. The second kappa shape index (κ2) is 10.5. The summed E-state index contributed by atoms with van der Waals surface area (Å²) in [6, 6.07) is 11.4. The van der Waals surface area contributed by atoms with Gasteiger partial charge in [0.05, 0.1) is 32.5 Å². The molecule has 7 rings (SSSR count). The number of halogens is 1. The van der Waals surface area contributed by atoms with Gasteiger partial charge in [-0.2, -0.15) is 0 Å². The number of para-hydroxylation sites is 1. The van der Waals surface area contributed by atoms with E-state index in [0.717, 1.165) is 48.1 Å². The first-order valence-corrected chi connectivity index (χ1v) is 15.0. The number of fused-ring (bicyclic) bond motifs is 5. The lowest BCUT2D eigenvalue weighted by molar-refractivity contribution is 0.0951. The van der Waals surface area contributed by atoms with Gasteiger partial charge < -0.3 is 15.1 Å². The van der Waals surface area contributed by atoms with E-state index < -0.39 is 17.2 Å². The number of nitrogens with one attached hydrogen (secondary N) is 1. The standard InChI is InChI=1S/C31H31FN6O2S/c1-36-13-4-5-20(36)8-10-35-30(40)28-29(39)21-15-22(32)26(37-14-9-19(18-37)23-17-33-11-12-34-23)16-25(21)38-24-6-2-3-7-27(24)41-31(28)38/h2-3,6-7,11-12,15-17,19-20H,4-5,8-10,13-14,18H2,1H3,(H,35,40). The summed E-state index contributed by atoms with van der Waals surface area (Å²) < 4.78 is 18.7. The first kappa shape index (κ1) is 26.0. The Morgan fingerprint density at radius 2 is 2.02 bits per heavy atom. The molecule has 2 unspecified atom stereocenters. The van der Waals surface area contributed by atoms with Gasteiger partial charge in [0, 0.05) is 50.2 Å². The zero-order valence-corrected chi connectivity index (χ0v) is 23.7. The number of hydrogen-bond donors (Lipinski definition) is 1. The fraction of sp³-hybridized carbons (Fsp3) is 0.355. The highest BCUT2D eigenvalue weighted by molar-refractivity contribution is 7.24. The van der Waals surface area contributed by atoms with Crippen molar-refractivity contribution in [2.24, 2.45) is 0 Å². The molecule has 3 aromatic heterocycles. The molecule has 2 aromatic carbocycles. The molecule has 5 aromatic rings. The molecular weight excluding hydrogens is 539 g/mol. The summed E-state index contributed by atoms with van der Waals surface area (Å²) in [5.41, 5.74) is 2.47. The normalized spacial score (nSPS) is 19.6. The van der Waals surface area contributed by atoms with Crippen LogP contribution < -0.4 is 15.6 Å². The van der Waals surface area contributed by atoms with E-state index in [0.29, 0.717) is 41.7 Å². The number of benzene rings is 2. The molecule has 2 fully saturated rings. The SMILES string of the molecule is CN1CCCC1CCNC(=O)c1c(=O)c2cc(F)c(N3CCC(c4cnccn4)C3)cc2n2c1sc1ccccc12. The van der Waals surface area contributed by atoms with Crippen LogP contribution in [0.5, 0.6) is 0 Å². The lowest BCUT2D eigenvalue weighted by atomic mass is 10.1. The van der Waals surface area contributed by atoms with Crippen molar-refractivity contribution in [3.05, 3.63) is 82.3 Å². The Morgan fingerprint density at radius 1 is 1.15 bits per heavy atom. The smallest absolute Gasteiger partial charge is 0.258 e. The third kappa shape index (κ3) is 4.55. The number of nitrogens with zero attached hydrogens (tertiary/aromatic N) is 5. The van der Waals surface area contributed by atoms with E-state index in [-0.39, 0.29) is 16.9 Å². The van der Waals surface area contributed by atoms with Gasteiger partial charge in [0.15, 0.2) is 0 Å². The van der Waals surface area contributed by atoms with Crippen LogP contribution in [0.2, 0.25) is 0 Å². The number of thiazole rings is 1. The number of anilines is 1. The maximum atomic E-state index is 15.7. The van der Waals surface area contributed by atoms with Crippen molar-refractivity contribution in [3.8, 4) is 0 Å². The summed E-state index contributed by atoms with van der Waals surface area (Å²) >= 11 is 1.42. The molecule has 0 saturated carbocycles. The summed E-state index contributed by atoms with van der Waals surface area (Å²) in [6.45, 7) is 2.83. The zero-order chi connectivity index (χ0) is 28.1. The third-order valence-electron chi connectivity index (χ3n) is 8.70. The van der Waals surface area contributed by atoms with Crippen molar-refractivity contribution in [1.29, 1.82) is 0 Å². The van der Waals surface area contributed by atoms with Crippen LogP contribution in [0.15, 0.2) is 59.8 Å². The van der Waals surface area contributed by atoms with Crippen molar-refractivity contribution >= 4 is 48.9 Å². The maximum absolute atomic E-state index is 15.7. The number of rotatable bonds is 6. The fourth-order valence-corrected chi connectivity index (χ4v) is 7.70. The largest absolute Gasteiger partial charge is 0.368 e. The van der Waals surface area contributed by atoms with Gasteiger partial charge in [-0.05, 0) is 63.5 Å². The Labute approximate surface area is 240 Å². The predicted octanol–water partition coefficient (Wildman–Crippen LogP) is 4.80. The highest BCUT2D eigenvalue weighted by Gasteiger charge is 2.29. The van der Waals surface area contributed by atoms with Crippen molar-refractivity contribution in [2.75, 3.05) is 38.1 Å². The first-order valence-electron chi connectivity index (χ1n) is 14.2. The Bertz CT molecular complexity index is 1840. The Balaban J connectivity index is 1.30. The van der Waals surface area contributed by atoms with Crippen LogP contribution in [0.3, 0.4) is 0 Å². The average Bonchev–Trinajstić information content (AvgIpc) is 3.72. The zero-order valence-electron chi connectivity index (χ0n) is 22.8. The number of aromatic nitrogens is 3. The van der Waals surface area contributed by atoms with E-state index >= 15 is 4.39 Å². The minimum absolute atomic E-state index is 0.0783. The van der Waals surface area contributed by atoms with Gasteiger partial charge >= 0.3 is 0 Å². The predicted molar refractivity (Wildman–Crippen MR) is 161 cm³/mol. The summed E-state index contributed by atoms with van der Waals surface area (Å²) in [5.74, 6) is -0.722.